The van der Waals surface area contributed by atoms with E-state index in [4.69, 9.17) is 10.5 Å². The SMILES string of the molecule is CC.CNC(=O)C(CCC=O)N(C=O)Cc1cc(N2CCN(CCCCOc3cccc(C(C)N)c3)CC2)ccc1C. The molecular weight excluding hydrogens is 530 g/mol. The van der Waals surface area contributed by atoms with Gasteiger partial charge in [0.05, 0.1) is 6.61 Å². The van der Waals surface area contributed by atoms with Gasteiger partial charge in [0.1, 0.15) is 18.1 Å². The van der Waals surface area contributed by atoms with Gasteiger partial charge >= 0.3 is 0 Å². The molecule has 3 rings (SSSR count). The quantitative estimate of drug-likeness (QED) is 0.227. The van der Waals surface area contributed by atoms with Gasteiger partial charge in [-0.15, -0.1) is 0 Å². The van der Waals surface area contributed by atoms with Gasteiger partial charge in [0.25, 0.3) is 0 Å². The molecular formula is C33H51N5O4. The molecule has 0 aromatic heterocycles. The Morgan fingerprint density at radius 2 is 1.83 bits per heavy atom. The van der Waals surface area contributed by atoms with Crippen LogP contribution in [0.25, 0.3) is 0 Å². The van der Waals surface area contributed by atoms with E-state index < -0.39 is 6.04 Å². The summed E-state index contributed by atoms with van der Waals surface area (Å²) in [5, 5.41) is 2.61. The van der Waals surface area contributed by atoms with Gasteiger partial charge in [0, 0.05) is 57.9 Å². The second kappa shape index (κ2) is 18.9. The number of hydrogen-bond donors (Lipinski definition) is 2. The maximum atomic E-state index is 12.4. The number of aryl methyl sites for hydroxylation is 1. The van der Waals surface area contributed by atoms with Gasteiger partial charge in [-0.25, -0.2) is 0 Å². The maximum absolute atomic E-state index is 12.4. The molecule has 2 aromatic carbocycles. The summed E-state index contributed by atoms with van der Waals surface area (Å²) in [6, 6.07) is 13.7. The number of ether oxygens (including phenoxy) is 1. The van der Waals surface area contributed by atoms with Crippen molar-refractivity contribution in [3.8, 4) is 5.75 Å². The Labute approximate surface area is 252 Å². The average molecular weight is 582 g/mol. The molecule has 2 atom stereocenters. The van der Waals surface area contributed by atoms with E-state index in [1.165, 1.54) is 4.90 Å². The Balaban J connectivity index is 0.00000301. The highest BCUT2D eigenvalue weighted by Crippen LogP contribution is 2.23. The van der Waals surface area contributed by atoms with Gasteiger partial charge in [-0.1, -0.05) is 32.0 Å². The monoisotopic (exact) mass is 581 g/mol. The predicted octanol–water partition coefficient (Wildman–Crippen LogP) is 4.07. The first-order chi connectivity index (χ1) is 20.4. The lowest BCUT2D eigenvalue weighted by molar-refractivity contribution is -0.133. The molecule has 1 aliphatic heterocycles. The molecule has 1 fully saturated rings. The Bertz CT molecular complexity index is 1100. The Morgan fingerprint density at radius 3 is 2.48 bits per heavy atom. The molecule has 0 saturated carbocycles. The van der Waals surface area contributed by atoms with Crippen LogP contribution in [-0.2, 0) is 20.9 Å². The topological polar surface area (TPSA) is 108 Å². The van der Waals surface area contributed by atoms with Crippen LogP contribution in [0, 0.1) is 6.92 Å². The van der Waals surface area contributed by atoms with E-state index in [2.05, 4.69) is 33.3 Å². The second-order valence-corrected chi connectivity index (χ2v) is 10.5. The smallest absolute Gasteiger partial charge is 0.242 e. The lowest BCUT2D eigenvalue weighted by atomic mass is 10.0. The molecule has 0 bridgehead atoms. The number of carbonyl (C=O) groups excluding carboxylic acids is 3. The number of nitrogens with one attached hydrogen (secondary N) is 1. The molecule has 232 valence electrons. The summed E-state index contributed by atoms with van der Waals surface area (Å²) < 4.78 is 5.93. The number of anilines is 1. The van der Waals surface area contributed by atoms with Crippen molar-refractivity contribution in [2.45, 2.75) is 72.0 Å². The highest BCUT2D eigenvalue weighted by atomic mass is 16.5. The molecule has 2 aromatic rings. The van der Waals surface area contributed by atoms with Crippen LogP contribution in [0.2, 0.25) is 0 Å². The number of nitrogens with two attached hydrogens (primary N) is 1. The van der Waals surface area contributed by atoms with Crippen LogP contribution in [0.1, 0.15) is 69.2 Å². The van der Waals surface area contributed by atoms with E-state index >= 15 is 0 Å². The van der Waals surface area contributed by atoms with Gasteiger partial charge < -0.3 is 30.4 Å². The summed E-state index contributed by atoms with van der Waals surface area (Å²) in [5.74, 6) is 0.614. The van der Waals surface area contributed by atoms with Gasteiger partial charge in [-0.3, -0.25) is 14.5 Å². The number of likely N-dealkylation sites (N-methyl/N-ethyl adjacent to an activating group) is 1. The first-order valence-corrected chi connectivity index (χ1v) is 15.3. The van der Waals surface area contributed by atoms with Gasteiger partial charge in [0.2, 0.25) is 12.3 Å². The number of rotatable bonds is 16. The Hall–Kier alpha value is -3.43. The van der Waals surface area contributed by atoms with Gasteiger partial charge in [0.15, 0.2) is 0 Å². The Morgan fingerprint density at radius 1 is 1.10 bits per heavy atom. The minimum atomic E-state index is -0.676. The zero-order valence-electron chi connectivity index (χ0n) is 26.2. The summed E-state index contributed by atoms with van der Waals surface area (Å²) in [5.41, 5.74) is 10.2. The number of carbonyl (C=O) groups is 3. The number of piperazine rings is 1. The summed E-state index contributed by atoms with van der Waals surface area (Å²) >= 11 is 0. The fourth-order valence-corrected chi connectivity index (χ4v) is 5.03. The molecule has 2 amide bonds. The van der Waals surface area contributed by atoms with Crippen molar-refractivity contribution in [1.82, 2.24) is 15.1 Å². The summed E-state index contributed by atoms with van der Waals surface area (Å²) in [4.78, 5) is 41.6. The average Bonchev–Trinajstić information content (AvgIpc) is 3.02. The van der Waals surface area contributed by atoms with E-state index in [-0.39, 0.29) is 18.4 Å². The van der Waals surface area contributed by atoms with Crippen LogP contribution in [0.3, 0.4) is 0 Å². The molecule has 0 radical (unpaired) electrons. The van der Waals surface area contributed by atoms with Crippen LogP contribution in [0.5, 0.6) is 5.75 Å². The molecule has 42 heavy (non-hydrogen) atoms. The molecule has 2 unspecified atom stereocenters. The van der Waals surface area contributed by atoms with Crippen molar-refractivity contribution in [2.75, 3.05) is 51.3 Å². The van der Waals surface area contributed by atoms with E-state index in [0.717, 1.165) is 80.0 Å². The molecule has 0 aliphatic carbocycles. The van der Waals surface area contributed by atoms with E-state index in [0.29, 0.717) is 26.0 Å². The van der Waals surface area contributed by atoms with Crippen LogP contribution in [-0.4, -0.2) is 80.8 Å². The molecule has 0 spiro atoms. The maximum Gasteiger partial charge on any atom is 0.242 e. The van der Waals surface area contributed by atoms with E-state index in [9.17, 15) is 14.4 Å². The molecule has 3 N–H and O–H groups in total. The standard InChI is InChI=1S/C31H45N5O4.C2H6/c1-24-11-12-28(20-27(24)22-36(23-38)30(10-7-18-37)31(39)33-3)35-16-14-34(15-17-35)13-4-5-19-40-29-9-6-8-26(21-29)25(2)32;1-2/h6,8-9,11-12,18,20-21,23,25,30H,4-5,7,10,13-17,19,22,32H2,1-3H3,(H,33,39);1-2H3. The first-order valence-electron chi connectivity index (χ1n) is 15.3. The van der Waals surface area contributed by atoms with Crippen molar-refractivity contribution in [3.63, 3.8) is 0 Å². The largest absolute Gasteiger partial charge is 0.494 e. The van der Waals surface area contributed by atoms with E-state index in [1.807, 2.05) is 52.0 Å². The second-order valence-electron chi connectivity index (χ2n) is 10.5. The van der Waals surface area contributed by atoms with Crippen molar-refractivity contribution in [3.05, 3.63) is 59.2 Å². The number of amides is 2. The minimum absolute atomic E-state index is 0.000330. The lowest BCUT2D eigenvalue weighted by Gasteiger charge is -2.36. The third-order valence-electron chi connectivity index (χ3n) is 7.59. The van der Waals surface area contributed by atoms with Crippen molar-refractivity contribution < 1.29 is 19.1 Å². The summed E-state index contributed by atoms with van der Waals surface area (Å²) in [7, 11) is 1.54. The number of aldehydes is 1. The zero-order chi connectivity index (χ0) is 30.9. The third kappa shape index (κ3) is 10.8. The zero-order valence-corrected chi connectivity index (χ0v) is 26.2. The fraction of sp³-hybridized carbons (Fsp3) is 0.545. The third-order valence-corrected chi connectivity index (χ3v) is 7.59. The fourth-order valence-electron chi connectivity index (χ4n) is 5.03. The molecule has 1 aliphatic rings. The minimum Gasteiger partial charge on any atom is -0.494 e. The number of benzene rings is 2. The van der Waals surface area contributed by atoms with Gasteiger partial charge in [-0.05, 0) is 80.6 Å². The summed E-state index contributed by atoms with van der Waals surface area (Å²) in [6.45, 7) is 13.9. The number of nitrogens with zero attached hydrogens (tertiary/aromatic N) is 3. The van der Waals surface area contributed by atoms with Crippen molar-refractivity contribution in [2.24, 2.45) is 5.73 Å². The normalized spacial score (nSPS) is 14.7. The molecule has 9 nitrogen and oxygen atoms in total. The van der Waals surface area contributed by atoms with Gasteiger partial charge in [-0.2, -0.15) is 0 Å². The molecule has 1 saturated heterocycles. The van der Waals surface area contributed by atoms with Crippen molar-refractivity contribution >= 4 is 24.3 Å². The number of hydrogen-bond acceptors (Lipinski definition) is 7. The van der Waals surface area contributed by atoms with Crippen LogP contribution in [0.15, 0.2) is 42.5 Å². The van der Waals surface area contributed by atoms with Crippen LogP contribution < -0.4 is 20.7 Å². The first kappa shape index (κ1) is 34.8. The summed E-state index contributed by atoms with van der Waals surface area (Å²) in [6.07, 6.45) is 4.09. The predicted molar refractivity (Wildman–Crippen MR) is 170 cm³/mol. The van der Waals surface area contributed by atoms with Crippen molar-refractivity contribution in [1.29, 1.82) is 0 Å². The van der Waals surface area contributed by atoms with Crippen LogP contribution >= 0.6 is 0 Å². The van der Waals surface area contributed by atoms with E-state index in [1.54, 1.807) is 7.05 Å². The number of unbranched alkanes of at least 4 members (excludes halogenated alkanes) is 1. The molecule has 1 heterocycles. The highest BCUT2D eigenvalue weighted by Gasteiger charge is 2.25. The molecule has 9 heteroatoms. The van der Waals surface area contributed by atoms with Crippen LogP contribution in [0.4, 0.5) is 5.69 Å². The highest BCUT2D eigenvalue weighted by molar-refractivity contribution is 5.83. The lowest BCUT2D eigenvalue weighted by Crippen LogP contribution is -2.46. The Kier molecular flexibility index (Phi) is 15.6.